The van der Waals surface area contributed by atoms with E-state index in [-0.39, 0.29) is 11.9 Å². The molecule has 0 radical (unpaired) electrons. The first-order chi connectivity index (χ1) is 10.1. The zero-order chi connectivity index (χ0) is 14.8. The van der Waals surface area contributed by atoms with Crippen LogP contribution in [0.25, 0.3) is 5.65 Å². The van der Waals surface area contributed by atoms with E-state index in [1.165, 1.54) is 6.07 Å². The normalized spacial score (nSPS) is 12.7. The van der Waals surface area contributed by atoms with Crippen molar-refractivity contribution in [3.63, 3.8) is 0 Å². The molecule has 2 heterocycles. The number of nitrogens with one attached hydrogen (secondary N) is 1. The van der Waals surface area contributed by atoms with Gasteiger partial charge in [0.15, 0.2) is 5.65 Å². The molecule has 0 saturated carbocycles. The van der Waals surface area contributed by atoms with E-state index in [9.17, 15) is 4.39 Å². The van der Waals surface area contributed by atoms with Crippen molar-refractivity contribution in [1.82, 2.24) is 19.7 Å². The Hall–Kier alpha value is -1.79. The van der Waals surface area contributed by atoms with Crippen LogP contribution in [0.4, 0.5) is 4.39 Å². The Balaban J connectivity index is 1.75. The van der Waals surface area contributed by atoms with Gasteiger partial charge in [-0.25, -0.2) is 14.4 Å². The van der Waals surface area contributed by atoms with Crippen LogP contribution in [0, 0.1) is 5.82 Å². The van der Waals surface area contributed by atoms with Crippen molar-refractivity contribution in [2.24, 2.45) is 0 Å². The summed E-state index contributed by atoms with van der Waals surface area (Å²) in [5.74, 6) is -0.217. The minimum atomic E-state index is -0.217. The molecule has 3 aromatic rings. The van der Waals surface area contributed by atoms with E-state index in [4.69, 9.17) is 0 Å². The number of imidazole rings is 1. The maximum absolute atomic E-state index is 13.2. The average molecular weight is 349 g/mol. The summed E-state index contributed by atoms with van der Waals surface area (Å²) in [6.45, 7) is 2.64. The van der Waals surface area contributed by atoms with Gasteiger partial charge in [0.25, 0.3) is 0 Å². The van der Waals surface area contributed by atoms with Crippen LogP contribution in [0.15, 0.2) is 47.5 Å². The second kappa shape index (κ2) is 5.91. The van der Waals surface area contributed by atoms with E-state index in [2.05, 4.69) is 31.2 Å². The topological polar surface area (TPSA) is 42.2 Å². The number of halogens is 2. The van der Waals surface area contributed by atoms with E-state index in [1.54, 1.807) is 18.3 Å². The molecule has 108 valence electrons. The third-order valence-electron chi connectivity index (χ3n) is 3.38. The second-order valence-electron chi connectivity index (χ2n) is 4.85. The van der Waals surface area contributed by atoms with Gasteiger partial charge in [0.05, 0.1) is 18.1 Å². The van der Waals surface area contributed by atoms with E-state index in [0.29, 0.717) is 6.54 Å². The highest BCUT2D eigenvalue weighted by Gasteiger charge is 2.08. The minimum absolute atomic E-state index is 0.0523. The zero-order valence-electron chi connectivity index (χ0n) is 11.4. The lowest BCUT2D eigenvalue weighted by Gasteiger charge is -2.14. The van der Waals surface area contributed by atoms with E-state index >= 15 is 0 Å². The van der Waals surface area contributed by atoms with Crippen LogP contribution in [0.5, 0.6) is 0 Å². The second-order valence-corrected chi connectivity index (χ2v) is 5.66. The van der Waals surface area contributed by atoms with Crippen LogP contribution in [0.1, 0.15) is 24.2 Å². The van der Waals surface area contributed by atoms with Gasteiger partial charge in [-0.05, 0) is 40.5 Å². The van der Waals surface area contributed by atoms with Gasteiger partial charge in [-0.1, -0.05) is 12.1 Å². The maximum atomic E-state index is 13.2. The van der Waals surface area contributed by atoms with Gasteiger partial charge in [0.2, 0.25) is 0 Å². The lowest BCUT2D eigenvalue weighted by molar-refractivity contribution is 0.557. The fourth-order valence-corrected chi connectivity index (χ4v) is 2.51. The number of benzene rings is 1. The largest absolute Gasteiger partial charge is 0.305 e. The molecule has 4 nitrogen and oxygen atoms in total. The Labute approximate surface area is 130 Å². The van der Waals surface area contributed by atoms with E-state index in [1.807, 2.05) is 29.8 Å². The SMILES string of the molecule is C[C@H](NCc1cnc2cnc(Br)cn12)c1cccc(F)c1. The van der Waals surface area contributed by atoms with Crippen LogP contribution < -0.4 is 5.32 Å². The molecule has 0 saturated heterocycles. The molecule has 0 aliphatic rings. The third kappa shape index (κ3) is 3.11. The van der Waals surface area contributed by atoms with Crippen molar-refractivity contribution in [2.75, 3.05) is 0 Å². The summed E-state index contributed by atoms with van der Waals surface area (Å²) in [6, 6.07) is 6.68. The first-order valence-corrected chi connectivity index (χ1v) is 7.39. The Morgan fingerprint density at radius 1 is 1.33 bits per heavy atom. The highest BCUT2D eigenvalue weighted by atomic mass is 79.9. The Bertz CT molecular complexity index is 771. The summed E-state index contributed by atoms with van der Waals surface area (Å²) in [5, 5.41) is 3.38. The first-order valence-electron chi connectivity index (χ1n) is 6.60. The van der Waals surface area contributed by atoms with E-state index < -0.39 is 0 Å². The van der Waals surface area contributed by atoms with Gasteiger partial charge >= 0.3 is 0 Å². The van der Waals surface area contributed by atoms with Crippen LogP contribution in [0.3, 0.4) is 0 Å². The molecule has 3 rings (SSSR count). The molecule has 1 N–H and O–H groups in total. The lowest BCUT2D eigenvalue weighted by atomic mass is 10.1. The Morgan fingerprint density at radius 3 is 3.00 bits per heavy atom. The van der Waals surface area contributed by atoms with Crippen molar-refractivity contribution < 1.29 is 4.39 Å². The number of fused-ring (bicyclic) bond motifs is 1. The van der Waals surface area contributed by atoms with Gasteiger partial charge in [-0.2, -0.15) is 0 Å². The number of nitrogens with zero attached hydrogens (tertiary/aromatic N) is 3. The monoisotopic (exact) mass is 348 g/mol. The van der Waals surface area contributed by atoms with E-state index in [0.717, 1.165) is 21.5 Å². The number of hydrogen-bond acceptors (Lipinski definition) is 3. The maximum Gasteiger partial charge on any atom is 0.155 e. The average Bonchev–Trinajstić information content (AvgIpc) is 2.87. The highest BCUT2D eigenvalue weighted by Crippen LogP contribution is 2.15. The predicted molar refractivity (Wildman–Crippen MR) is 82.3 cm³/mol. The molecular weight excluding hydrogens is 335 g/mol. The van der Waals surface area contributed by atoms with Crippen LogP contribution >= 0.6 is 15.9 Å². The number of hydrogen-bond donors (Lipinski definition) is 1. The van der Waals surface area contributed by atoms with Crippen LogP contribution in [0.2, 0.25) is 0 Å². The molecule has 0 bridgehead atoms. The zero-order valence-corrected chi connectivity index (χ0v) is 13.0. The van der Waals surface area contributed by atoms with Crippen LogP contribution in [-0.4, -0.2) is 14.4 Å². The van der Waals surface area contributed by atoms with Gasteiger partial charge in [-0.15, -0.1) is 0 Å². The highest BCUT2D eigenvalue weighted by molar-refractivity contribution is 9.10. The molecule has 1 aromatic carbocycles. The predicted octanol–water partition coefficient (Wildman–Crippen LogP) is 3.48. The summed E-state index contributed by atoms with van der Waals surface area (Å²) >= 11 is 3.35. The molecule has 0 spiro atoms. The summed E-state index contributed by atoms with van der Waals surface area (Å²) in [7, 11) is 0. The van der Waals surface area contributed by atoms with Gasteiger partial charge in [0, 0.05) is 18.8 Å². The van der Waals surface area contributed by atoms with Crippen molar-refractivity contribution in [3.05, 3.63) is 64.5 Å². The van der Waals surface area contributed by atoms with Crippen molar-refractivity contribution in [3.8, 4) is 0 Å². The third-order valence-corrected chi connectivity index (χ3v) is 3.79. The molecule has 0 aliphatic carbocycles. The smallest absolute Gasteiger partial charge is 0.155 e. The van der Waals surface area contributed by atoms with Gasteiger partial charge in [0.1, 0.15) is 10.4 Å². The summed E-state index contributed by atoms with van der Waals surface area (Å²) < 4.78 is 16.0. The summed E-state index contributed by atoms with van der Waals surface area (Å²) in [6.07, 6.45) is 5.41. The molecule has 21 heavy (non-hydrogen) atoms. The van der Waals surface area contributed by atoms with Crippen molar-refractivity contribution >= 4 is 21.6 Å². The fraction of sp³-hybridized carbons (Fsp3) is 0.200. The van der Waals surface area contributed by atoms with Crippen molar-refractivity contribution in [1.29, 1.82) is 0 Å². The van der Waals surface area contributed by atoms with Crippen molar-refractivity contribution in [2.45, 2.75) is 19.5 Å². The molecule has 0 unspecified atom stereocenters. The standard InChI is InChI=1S/C15H14BrFN4/c1-10(11-3-2-4-12(17)5-11)18-6-13-7-20-15-8-19-14(16)9-21(13)15/h2-5,7-10,18H,6H2,1H3/t10-/m0/s1. The molecule has 0 fully saturated rings. The summed E-state index contributed by atoms with van der Waals surface area (Å²) in [4.78, 5) is 8.45. The quantitative estimate of drug-likeness (QED) is 0.784. The Kier molecular flexibility index (Phi) is 3.98. The minimum Gasteiger partial charge on any atom is -0.305 e. The van der Waals surface area contributed by atoms with Gasteiger partial charge in [-0.3, -0.25) is 4.40 Å². The lowest BCUT2D eigenvalue weighted by Crippen LogP contribution is -2.19. The number of rotatable bonds is 4. The molecule has 0 aliphatic heterocycles. The molecular formula is C15H14BrFN4. The fourth-order valence-electron chi connectivity index (χ4n) is 2.20. The molecule has 2 aromatic heterocycles. The molecule has 6 heteroatoms. The number of aromatic nitrogens is 3. The van der Waals surface area contributed by atoms with Crippen LogP contribution in [-0.2, 0) is 6.54 Å². The summed E-state index contributed by atoms with van der Waals surface area (Å²) in [5.41, 5.74) is 2.75. The van der Waals surface area contributed by atoms with Gasteiger partial charge < -0.3 is 5.32 Å². The first kappa shape index (κ1) is 14.2. The molecule has 0 amide bonds. The molecule has 1 atom stereocenters. The Morgan fingerprint density at radius 2 is 2.19 bits per heavy atom.